The van der Waals surface area contributed by atoms with E-state index < -0.39 is 0 Å². The highest BCUT2D eigenvalue weighted by Crippen LogP contribution is 2.42. The number of phenolic OH excluding ortho intramolecular Hbond substituents is 2. The predicted octanol–water partition coefficient (Wildman–Crippen LogP) is 9.81. The topological polar surface area (TPSA) is 43.7 Å². The number of aromatic hydroxyl groups is 2. The van der Waals surface area contributed by atoms with Gasteiger partial charge >= 0.3 is 0 Å². The van der Waals surface area contributed by atoms with Crippen LogP contribution in [0.2, 0.25) is 0 Å². The highest BCUT2D eigenvalue weighted by Gasteiger charge is 2.30. The first-order valence-corrected chi connectivity index (χ1v) is 16.0. The maximum Gasteiger partial charge on any atom is 0.123 e. The van der Waals surface area contributed by atoms with Crippen molar-refractivity contribution in [1.29, 1.82) is 0 Å². The van der Waals surface area contributed by atoms with Gasteiger partial charge in [0.05, 0.1) is 0 Å². The van der Waals surface area contributed by atoms with E-state index in [1.807, 2.05) is 0 Å². The number of aryl methyl sites for hydroxylation is 1. The van der Waals surface area contributed by atoms with Crippen molar-refractivity contribution >= 4 is 0 Å². The van der Waals surface area contributed by atoms with Crippen molar-refractivity contribution < 1.29 is 10.2 Å². The van der Waals surface area contributed by atoms with Gasteiger partial charge in [-0.25, -0.2) is 0 Å². The standard InChI is InChI=1S/C38H63NO2/c1-16-39(17-2)32(19-18-26-21-28(35(4,5)6)33(40)29(22-26)36(7,8)9)25(3)20-27-23-30(37(10,11)12)34(41)31(24-27)38(13,14)15/h21-25,32,40-41H,16-20H2,1-15H3. The second kappa shape index (κ2) is 12.7. The van der Waals surface area contributed by atoms with Crippen LogP contribution in [0.15, 0.2) is 24.3 Å². The lowest BCUT2D eigenvalue weighted by Crippen LogP contribution is -2.40. The maximum atomic E-state index is 11.3. The van der Waals surface area contributed by atoms with Crippen molar-refractivity contribution in [3.63, 3.8) is 0 Å². The highest BCUT2D eigenvalue weighted by atomic mass is 16.3. The van der Waals surface area contributed by atoms with Crippen LogP contribution in [0, 0.1) is 5.92 Å². The van der Waals surface area contributed by atoms with E-state index in [0.29, 0.717) is 23.5 Å². The second-order valence-electron chi connectivity index (χ2n) is 16.6. The van der Waals surface area contributed by atoms with E-state index in [2.05, 4.69) is 133 Å². The van der Waals surface area contributed by atoms with Gasteiger partial charge in [-0.15, -0.1) is 0 Å². The zero-order valence-corrected chi connectivity index (χ0v) is 29.3. The summed E-state index contributed by atoms with van der Waals surface area (Å²) in [5.74, 6) is 1.36. The molecule has 0 aliphatic carbocycles. The van der Waals surface area contributed by atoms with Gasteiger partial charge < -0.3 is 15.1 Å². The zero-order valence-electron chi connectivity index (χ0n) is 29.3. The van der Waals surface area contributed by atoms with Crippen molar-refractivity contribution in [2.24, 2.45) is 5.92 Å². The molecule has 0 saturated heterocycles. The van der Waals surface area contributed by atoms with E-state index in [1.54, 1.807) is 0 Å². The Morgan fingerprint density at radius 3 is 1.20 bits per heavy atom. The Balaban J connectivity index is 2.50. The predicted molar refractivity (Wildman–Crippen MR) is 179 cm³/mol. The molecule has 41 heavy (non-hydrogen) atoms. The van der Waals surface area contributed by atoms with Gasteiger partial charge in [0.1, 0.15) is 11.5 Å². The first-order valence-electron chi connectivity index (χ1n) is 16.0. The van der Waals surface area contributed by atoms with Crippen LogP contribution in [-0.4, -0.2) is 34.2 Å². The first kappa shape index (κ1) is 35.2. The average Bonchev–Trinajstić information content (AvgIpc) is 2.80. The molecule has 0 heterocycles. The smallest absolute Gasteiger partial charge is 0.123 e. The van der Waals surface area contributed by atoms with Crippen molar-refractivity contribution in [3.8, 4) is 11.5 Å². The lowest BCUT2D eigenvalue weighted by molar-refractivity contribution is 0.152. The number of hydrogen-bond acceptors (Lipinski definition) is 3. The van der Waals surface area contributed by atoms with E-state index in [1.165, 1.54) is 11.1 Å². The molecule has 0 spiro atoms. The molecular formula is C38H63NO2. The van der Waals surface area contributed by atoms with Crippen LogP contribution >= 0.6 is 0 Å². The average molecular weight is 566 g/mol. The summed E-state index contributed by atoms with van der Waals surface area (Å²) >= 11 is 0. The third-order valence-electron chi connectivity index (χ3n) is 8.80. The Hall–Kier alpha value is -2.00. The molecule has 0 aliphatic rings. The minimum atomic E-state index is -0.129. The summed E-state index contributed by atoms with van der Waals surface area (Å²) in [6.45, 7) is 35.3. The Morgan fingerprint density at radius 1 is 0.585 bits per heavy atom. The van der Waals surface area contributed by atoms with Crippen LogP contribution in [-0.2, 0) is 34.5 Å². The van der Waals surface area contributed by atoms with Gasteiger partial charge in [-0.1, -0.05) is 128 Å². The van der Waals surface area contributed by atoms with Crippen molar-refractivity contribution in [3.05, 3.63) is 57.6 Å². The fraction of sp³-hybridized carbons (Fsp3) is 0.684. The first-order chi connectivity index (χ1) is 18.5. The molecule has 0 aliphatic heterocycles. The Bertz CT molecular complexity index is 1090. The van der Waals surface area contributed by atoms with Crippen LogP contribution in [0.4, 0.5) is 0 Å². The van der Waals surface area contributed by atoms with Gasteiger partial charge in [0, 0.05) is 6.04 Å². The van der Waals surface area contributed by atoms with Gasteiger partial charge in [-0.3, -0.25) is 0 Å². The SMILES string of the molecule is CCN(CC)C(CCc1cc(C(C)(C)C)c(O)c(C(C)(C)C)c1)C(C)Cc1cc(C(C)(C)C)c(O)c(C(C)(C)C)c1. The maximum absolute atomic E-state index is 11.3. The normalized spacial score (nSPS) is 14.9. The molecule has 0 bridgehead atoms. The van der Waals surface area contributed by atoms with Gasteiger partial charge in [0.15, 0.2) is 0 Å². The minimum Gasteiger partial charge on any atom is -0.507 e. The molecule has 2 rings (SSSR count). The van der Waals surface area contributed by atoms with E-state index in [4.69, 9.17) is 0 Å². The van der Waals surface area contributed by atoms with Crippen molar-refractivity contribution in [2.75, 3.05) is 13.1 Å². The molecule has 0 radical (unpaired) electrons. The van der Waals surface area contributed by atoms with Crippen LogP contribution in [0.25, 0.3) is 0 Å². The molecule has 2 unspecified atom stereocenters. The van der Waals surface area contributed by atoms with E-state index in [0.717, 1.165) is 54.6 Å². The molecule has 0 amide bonds. The summed E-state index contributed by atoms with van der Waals surface area (Å²) in [6.07, 6.45) is 3.02. The van der Waals surface area contributed by atoms with Crippen LogP contribution < -0.4 is 0 Å². The van der Waals surface area contributed by atoms with E-state index >= 15 is 0 Å². The lowest BCUT2D eigenvalue weighted by Gasteiger charge is -2.36. The molecule has 0 saturated carbocycles. The number of nitrogens with zero attached hydrogens (tertiary/aromatic N) is 1. The molecule has 2 aromatic carbocycles. The molecular weight excluding hydrogens is 502 g/mol. The van der Waals surface area contributed by atoms with Crippen LogP contribution in [0.3, 0.4) is 0 Å². The molecule has 0 aromatic heterocycles. The fourth-order valence-corrected chi connectivity index (χ4v) is 6.28. The van der Waals surface area contributed by atoms with Gasteiger partial charge in [-0.2, -0.15) is 0 Å². The van der Waals surface area contributed by atoms with E-state index in [9.17, 15) is 10.2 Å². The third kappa shape index (κ3) is 8.76. The summed E-state index contributed by atoms with van der Waals surface area (Å²) < 4.78 is 0. The molecule has 0 fully saturated rings. The molecule has 3 nitrogen and oxygen atoms in total. The highest BCUT2D eigenvalue weighted by molar-refractivity contribution is 5.51. The summed E-state index contributed by atoms with van der Waals surface area (Å²) in [7, 11) is 0. The fourth-order valence-electron chi connectivity index (χ4n) is 6.28. The monoisotopic (exact) mass is 565 g/mol. The summed E-state index contributed by atoms with van der Waals surface area (Å²) in [4.78, 5) is 2.62. The number of rotatable bonds is 9. The van der Waals surface area contributed by atoms with Crippen LogP contribution in [0.5, 0.6) is 11.5 Å². The number of benzene rings is 2. The third-order valence-corrected chi connectivity index (χ3v) is 8.80. The summed E-state index contributed by atoms with van der Waals surface area (Å²) in [6, 6.07) is 9.44. The number of phenols is 2. The largest absolute Gasteiger partial charge is 0.507 e. The number of hydrogen-bond donors (Lipinski definition) is 2. The van der Waals surface area contributed by atoms with Gasteiger partial charge in [-0.05, 0) is 93.3 Å². The van der Waals surface area contributed by atoms with Crippen LogP contribution in [0.1, 0.15) is 144 Å². The molecule has 2 aromatic rings. The molecule has 2 atom stereocenters. The minimum absolute atomic E-state index is 0.125. The Labute approximate surface area is 253 Å². The molecule has 232 valence electrons. The van der Waals surface area contributed by atoms with Gasteiger partial charge in [0.2, 0.25) is 0 Å². The summed E-state index contributed by atoms with van der Waals surface area (Å²) in [5.41, 5.74) is 6.29. The molecule has 2 N–H and O–H groups in total. The Kier molecular flexibility index (Phi) is 10.9. The van der Waals surface area contributed by atoms with E-state index in [-0.39, 0.29) is 21.7 Å². The van der Waals surface area contributed by atoms with Gasteiger partial charge in [0.25, 0.3) is 0 Å². The Morgan fingerprint density at radius 2 is 0.902 bits per heavy atom. The zero-order chi connectivity index (χ0) is 31.7. The lowest BCUT2D eigenvalue weighted by atomic mass is 9.77. The second-order valence-corrected chi connectivity index (χ2v) is 16.6. The summed E-state index contributed by atoms with van der Waals surface area (Å²) in [5, 5.41) is 22.5. The van der Waals surface area contributed by atoms with Crippen molar-refractivity contribution in [2.45, 2.75) is 151 Å². The van der Waals surface area contributed by atoms with Crippen molar-refractivity contribution in [1.82, 2.24) is 4.90 Å². The quantitative estimate of drug-likeness (QED) is 0.318. The molecule has 3 heteroatoms.